The normalized spacial score (nSPS) is 12.9. The monoisotopic (exact) mass is 317 g/mol. The van der Waals surface area contributed by atoms with Gasteiger partial charge in [0.15, 0.2) is 0 Å². The molecule has 0 fully saturated rings. The van der Waals surface area contributed by atoms with E-state index in [1.54, 1.807) is 38.1 Å². The van der Waals surface area contributed by atoms with Gasteiger partial charge in [-0.3, -0.25) is 13.8 Å². The van der Waals surface area contributed by atoms with E-state index in [-0.39, 0.29) is 19.6 Å². The van der Waals surface area contributed by atoms with Gasteiger partial charge in [-0.05, 0) is 38.0 Å². The molecule has 8 heteroatoms. The van der Waals surface area contributed by atoms with Gasteiger partial charge in [0.05, 0.1) is 13.2 Å². The predicted octanol–water partition coefficient (Wildman–Crippen LogP) is 2.20. The van der Waals surface area contributed by atoms with Crippen molar-refractivity contribution in [3.05, 3.63) is 29.8 Å². The number of phosphoric acid groups is 1. The average Bonchev–Trinajstić information content (AvgIpc) is 2.41. The first-order valence-corrected chi connectivity index (χ1v) is 8.02. The Balaban J connectivity index is 2.73. The van der Waals surface area contributed by atoms with Gasteiger partial charge in [-0.15, -0.1) is 0 Å². The third-order valence-electron chi connectivity index (χ3n) is 2.49. The number of aliphatic carboxylic acids is 1. The quantitative estimate of drug-likeness (QED) is 0.672. The van der Waals surface area contributed by atoms with E-state index in [0.717, 1.165) is 5.56 Å². The molecule has 0 aliphatic rings. The van der Waals surface area contributed by atoms with Crippen LogP contribution in [0.5, 0.6) is 5.75 Å². The van der Waals surface area contributed by atoms with Crippen LogP contribution in [0.1, 0.15) is 19.4 Å². The molecule has 1 atom stereocenters. The largest absolute Gasteiger partial charge is 0.530 e. The maximum atomic E-state index is 12.2. The number of hydrogen-bond acceptors (Lipinski definition) is 6. The van der Waals surface area contributed by atoms with Crippen LogP contribution < -0.4 is 10.3 Å². The molecule has 0 aromatic heterocycles. The van der Waals surface area contributed by atoms with Crippen molar-refractivity contribution in [2.75, 3.05) is 13.2 Å². The van der Waals surface area contributed by atoms with Crippen LogP contribution in [0.2, 0.25) is 0 Å². The van der Waals surface area contributed by atoms with Crippen molar-refractivity contribution >= 4 is 13.8 Å². The molecule has 1 rings (SSSR count). The van der Waals surface area contributed by atoms with E-state index in [0.29, 0.717) is 5.75 Å². The lowest BCUT2D eigenvalue weighted by atomic mass is 10.1. The summed E-state index contributed by atoms with van der Waals surface area (Å²) in [4.78, 5) is 10.7. The Morgan fingerprint density at radius 3 is 2.19 bits per heavy atom. The second kappa shape index (κ2) is 8.14. The molecule has 0 amide bonds. The van der Waals surface area contributed by atoms with E-state index in [2.05, 4.69) is 0 Å². The molecule has 1 unspecified atom stereocenters. The second-order valence-corrected chi connectivity index (χ2v) is 5.76. The first-order chi connectivity index (χ1) is 9.90. The van der Waals surface area contributed by atoms with Gasteiger partial charge in [-0.25, -0.2) is 4.57 Å². The fourth-order valence-corrected chi connectivity index (χ4v) is 2.76. The van der Waals surface area contributed by atoms with Crippen molar-refractivity contribution in [3.63, 3.8) is 0 Å². The number of phosphoric ester groups is 1. The van der Waals surface area contributed by atoms with Gasteiger partial charge in [-0.2, -0.15) is 0 Å². The minimum atomic E-state index is -3.62. The topological polar surface area (TPSA) is 108 Å². The van der Waals surface area contributed by atoms with Crippen molar-refractivity contribution in [2.45, 2.75) is 26.3 Å². The zero-order valence-electron chi connectivity index (χ0n) is 12.0. The number of carboxylic acid groups (broad SMARTS) is 1. The number of carbonyl (C=O) groups is 1. The lowest BCUT2D eigenvalue weighted by Gasteiger charge is -2.17. The van der Waals surface area contributed by atoms with E-state index in [4.69, 9.17) is 24.4 Å². The Morgan fingerprint density at radius 2 is 1.76 bits per heavy atom. The molecule has 0 aliphatic carbocycles. The molecule has 1 aromatic rings. The molecule has 0 saturated carbocycles. The number of hydrogen-bond donors (Lipinski definition) is 2. The maximum Gasteiger partial charge on any atom is 0.530 e. The van der Waals surface area contributed by atoms with E-state index in [1.165, 1.54) is 0 Å². The molecule has 118 valence electrons. The van der Waals surface area contributed by atoms with Gasteiger partial charge >= 0.3 is 13.8 Å². The Kier molecular flexibility index (Phi) is 6.84. The molecular formula is C13H20NO6P. The maximum absolute atomic E-state index is 12.2. The second-order valence-electron chi connectivity index (χ2n) is 4.17. The highest BCUT2D eigenvalue weighted by molar-refractivity contribution is 7.48. The zero-order valence-corrected chi connectivity index (χ0v) is 12.9. The smallest absolute Gasteiger partial charge is 0.480 e. The van der Waals surface area contributed by atoms with Gasteiger partial charge in [0.25, 0.3) is 0 Å². The van der Waals surface area contributed by atoms with Crippen LogP contribution in [0, 0.1) is 0 Å². The zero-order chi connectivity index (χ0) is 15.9. The van der Waals surface area contributed by atoms with Crippen LogP contribution in [0.3, 0.4) is 0 Å². The predicted molar refractivity (Wildman–Crippen MR) is 77.2 cm³/mol. The van der Waals surface area contributed by atoms with Crippen molar-refractivity contribution in [1.82, 2.24) is 0 Å². The molecule has 0 radical (unpaired) electrons. The fourth-order valence-electron chi connectivity index (χ4n) is 1.56. The summed E-state index contributed by atoms with van der Waals surface area (Å²) in [6, 6.07) is 5.47. The lowest BCUT2D eigenvalue weighted by molar-refractivity contribution is -0.138. The molecule has 0 bridgehead atoms. The van der Waals surface area contributed by atoms with Gasteiger partial charge in [-0.1, -0.05) is 12.1 Å². The Labute approximate surface area is 123 Å². The van der Waals surface area contributed by atoms with Gasteiger partial charge < -0.3 is 15.4 Å². The SMILES string of the molecule is CCOP(=O)(OCC)Oc1ccc(CC(N)C(=O)O)cc1. The highest BCUT2D eigenvalue weighted by Gasteiger charge is 2.27. The molecule has 21 heavy (non-hydrogen) atoms. The first kappa shape index (κ1) is 17.7. The Bertz CT molecular complexity index is 494. The summed E-state index contributed by atoms with van der Waals surface area (Å²) in [6.07, 6.45) is 0.199. The molecule has 7 nitrogen and oxygen atoms in total. The fraction of sp³-hybridized carbons (Fsp3) is 0.462. The summed E-state index contributed by atoms with van der Waals surface area (Å²) >= 11 is 0. The minimum absolute atomic E-state index is 0.197. The summed E-state index contributed by atoms with van der Waals surface area (Å²) < 4.78 is 27.5. The average molecular weight is 317 g/mol. The summed E-state index contributed by atoms with van der Waals surface area (Å²) in [6.45, 7) is 3.77. The minimum Gasteiger partial charge on any atom is -0.480 e. The molecule has 3 N–H and O–H groups in total. The highest BCUT2D eigenvalue weighted by atomic mass is 31.2. The van der Waals surface area contributed by atoms with E-state index < -0.39 is 19.8 Å². The summed E-state index contributed by atoms with van der Waals surface area (Å²) in [7, 11) is -3.62. The van der Waals surface area contributed by atoms with Crippen LogP contribution in [0.15, 0.2) is 24.3 Å². The Hall–Kier alpha value is -1.40. The van der Waals surface area contributed by atoms with Gasteiger partial charge in [0, 0.05) is 0 Å². The molecular weight excluding hydrogens is 297 g/mol. The van der Waals surface area contributed by atoms with Crippen LogP contribution in [0.25, 0.3) is 0 Å². The Morgan fingerprint density at radius 1 is 1.24 bits per heavy atom. The van der Waals surface area contributed by atoms with E-state index in [9.17, 15) is 9.36 Å². The number of nitrogens with two attached hydrogens (primary N) is 1. The molecule has 0 aliphatic heterocycles. The molecule has 0 saturated heterocycles. The van der Waals surface area contributed by atoms with Gasteiger partial charge in [0.2, 0.25) is 0 Å². The summed E-state index contributed by atoms with van der Waals surface area (Å²) in [5.74, 6) is -0.750. The highest BCUT2D eigenvalue weighted by Crippen LogP contribution is 2.49. The number of rotatable bonds is 9. The summed E-state index contributed by atoms with van der Waals surface area (Å²) in [5.41, 5.74) is 6.19. The van der Waals surface area contributed by atoms with Crippen molar-refractivity contribution in [2.24, 2.45) is 5.73 Å². The number of benzene rings is 1. The molecule has 1 aromatic carbocycles. The van der Waals surface area contributed by atoms with E-state index >= 15 is 0 Å². The van der Waals surface area contributed by atoms with Crippen LogP contribution in [-0.4, -0.2) is 30.3 Å². The van der Waals surface area contributed by atoms with Crippen molar-refractivity contribution < 1.29 is 28.0 Å². The third-order valence-corrected chi connectivity index (χ3v) is 4.07. The number of carboxylic acids is 1. The van der Waals surface area contributed by atoms with E-state index in [1.807, 2.05) is 0 Å². The van der Waals surface area contributed by atoms with Crippen LogP contribution >= 0.6 is 7.82 Å². The van der Waals surface area contributed by atoms with Crippen molar-refractivity contribution in [3.8, 4) is 5.75 Å². The van der Waals surface area contributed by atoms with Crippen molar-refractivity contribution in [1.29, 1.82) is 0 Å². The standard InChI is InChI=1S/C13H20NO6P/c1-3-18-21(17,19-4-2)20-11-7-5-10(6-8-11)9-12(14)13(15)16/h5-8,12H,3-4,9,14H2,1-2H3,(H,15,16). The lowest BCUT2D eigenvalue weighted by Crippen LogP contribution is -2.32. The molecule has 0 spiro atoms. The van der Waals surface area contributed by atoms with Crippen LogP contribution in [0.4, 0.5) is 0 Å². The first-order valence-electron chi connectivity index (χ1n) is 6.56. The summed E-state index contributed by atoms with van der Waals surface area (Å²) in [5, 5.41) is 8.75. The third kappa shape index (κ3) is 5.85. The van der Waals surface area contributed by atoms with Gasteiger partial charge in [0.1, 0.15) is 11.8 Å². The molecule has 0 heterocycles. The van der Waals surface area contributed by atoms with Crippen LogP contribution in [-0.2, 0) is 24.8 Å².